The van der Waals surface area contributed by atoms with Gasteiger partial charge in [0.25, 0.3) is 0 Å². The summed E-state index contributed by atoms with van der Waals surface area (Å²) >= 11 is 2.32. The molecule has 0 bridgehead atoms. The van der Waals surface area contributed by atoms with Crippen LogP contribution in [0.3, 0.4) is 0 Å². The van der Waals surface area contributed by atoms with Gasteiger partial charge in [-0.05, 0) is 64.9 Å². The van der Waals surface area contributed by atoms with E-state index >= 15 is 0 Å². The average Bonchev–Trinajstić information content (AvgIpc) is 2.93. The maximum Gasteiger partial charge on any atom is 0.231 e. The van der Waals surface area contributed by atoms with Crippen molar-refractivity contribution in [3.8, 4) is 11.5 Å². The number of ether oxygens (including phenoxy) is 2. The van der Waals surface area contributed by atoms with Crippen molar-refractivity contribution < 1.29 is 9.47 Å². The van der Waals surface area contributed by atoms with E-state index < -0.39 is 0 Å². The van der Waals surface area contributed by atoms with Crippen LogP contribution in [0.15, 0.2) is 42.5 Å². The Labute approximate surface area is 132 Å². The highest BCUT2D eigenvalue weighted by Gasteiger charge is 2.13. The lowest BCUT2D eigenvalue weighted by atomic mass is 10.1. The summed E-state index contributed by atoms with van der Waals surface area (Å²) in [6, 6.07) is 15.0. The van der Waals surface area contributed by atoms with Gasteiger partial charge in [-0.15, -0.1) is 0 Å². The standard InChI is InChI=1S/C16H16INO2/c1-11(13-3-5-14(17)6-4-13)18-9-12-2-7-15-16(8-12)20-10-19-15/h2-8,11,18H,9-10H2,1H3. The smallest absolute Gasteiger partial charge is 0.231 e. The van der Waals surface area contributed by atoms with E-state index in [0.717, 1.165) is 18.0 Å². The normalized spacial score (nSPS) is 14.3. The van der Waals surface area contributed by atoms with Crippen LogP contribution in [-0.4, -0.2) is 6.79 Å². The van der Waals surface area contributed by atoms with E-state index in [0.29, 0.717) is 12.8 Å². The van der Waals surface area contributed by atoms with Crippen LogP contribution in [0.5, 0.6) is 11.5 Å². The minimum atomic E-state index is 0.317. The number of nitrogens with one attached hydrogen (secondary N) is 1. The molecule has 3 rings (SSSR count). The molecule has 20 heavy (non-hydrogen) atoms. The molecule has 2 aromatic rings. The lowest BCUT2D eigenvalue weighted by Gasteiger charge is -2.14. The predicted octanol–water partition coefficient (Wildman–Crippen LogP) is 3.87. The molecule has 0 spiro atoms. The molecule has 1 unspecified atom stereocenters. The van der Waals surface area contributed by atoms with Crippen LogP contribution < -0.4 is 14.8 Å². The van der Waals surface area contributed by atoms with Gasteiger partial charge >= 0.3 is 0 Å². The number of benzene rings is 2. The molecule has 0 saturated heterocycles. The second-order valence-corrected chi connectivity index (χ2v) is 6.09. The Morgan fingerprint density at radius 1 is 1.10 bits per heavy atom. The molecule has 1 atom stereocenters. The highest BCUT2D eigenvalue weighted by atomic mass is 127. The first-order chi connectivity index (χ1) is 9.72. The molecule has 1 N–H and O–H groups in total. The molecule has 0 radical (unpaired) electrons. The van der Waals surface area contributed by atoms with Crippen molar-refractivity contribution in [3.63, 3.8) is 0 Å². The average molecular weight is 381 g/mol. The minimum Gasteiger partial charge on any atom is -0.454 e. The topological polar surface area (TPSA) is 30.5 Å². The largest absolute Gasteiger partial charge is 0.454 e. The zero-order valence-electron chi connectivity index (χ0n) is 11.2. The van der Waals surface area contributed by atoms with Crippen molar-refractivity contribution in [1.29, 1.82) is 0 Å². The summed E-state index contributed by atoms with van der Waals surface area (Å²) in [5.74, 6) is 1.67. The van der Waals surface area contributed by atoms with Crippen LogP contribution >= 0.6 is 22.6 Å². The number of hydrogen-bond acceptors (Lipinski definition) is 3. The summed E-state index contributed by atoms with van der Waals surface area (Å²) in [7, 11) is 0. The van der Waals surface area contributed by atoms with E-state index in [9.17, 15) is 0 Å². The number of rotatable bonds is 4. The lowest BCUT2D eigenvalue weighted by Crippen LogP contribution is -2.18. The van der Waals surface area contributed by atoms with Crippen molar-refractivity contribution >= 4 is 22.6 Å². The van der Waals surface area contributed by atoms with Crippen LogP contribution in [-0.2, 0) is 6.54 Å². The second-order valence-electron chi connectivity index (χ2n) is 4.84. The number of hydrogen-bond donors (Lipinski definition) is 1. The lowest BCUT2D eigenvalue weighted by molar-refractivity contribution is 0.174. The molecule has 0 aliphatic carbocycles. The van der Waals surface area contributed by atoms with Crippen molar-refractivity contribution in [2.45, 2.75) is 19.5 Å². The van der Waals surface area contributed by atoms with Gasteiger partial charge in [-0.1, -0.05) is 18.2 Å². The number of fused-ring (bicyclic) bond motifs is 1. The first kappa shape index (κ1) is 13.7. The van der Waals surface area contributed by atoms with Crippen LogP contribution in [0.25, 0.3) is 0 Å². The molecule has 1 aliphatic heterocycles. The molecule has 104 valence electrons. The Bertz CT molecular complexity index is 598. The molecule has 4 heteroatoms. The van der Waals surface area contributed by atoms with Gasteiger partial charge in [0.2, 0.25) is 6.79 Å². The molecule has 0 amide bonds. The summed E-state index contributed by atoms with van der Waals surface area (Å²) < 4.78 is 12.0. The van der Waals surface area contributed by atoms with Crippen LogP contribution in [0.2, 0.25) is 0 Å². The van der Waals surface area contributed by atoms with Crippen molar-refractivity contribution in [2.75, 3.05) is 6.79 Å². The van der Waals surface area contributed by atoms with E-state index in [-0.39, 0.29) is 0 Å². The van der Waals surface area contributed by atoms with Crippen molar-refractivity contribution in [1.82, 2.24) is 5.32 Å². The fourth-order valence-electron chi connectivity index (χ4n) is 2.19. The quantitative estimate of drug-likeness (QED) is 0.816. The molecule has 0 fully saturated rings. The first-order valence-electron chi connectivity index (χ1n) is 6.60. The Kier molecular flexibility index (Phi) is 4.12. The Morgan fingerprint density at radius 2 is 1.85 bits per heavy atom. The third-order valence-electron chi connectivity index (χ3n) is 3.42. The van der Waals surface area contributed by atoms with Gasteiger partial charge in [0.15, 0.2) is 11.5 Å². The Balaban J connectivity index is 1.63. The zero-order chi connectivity index (χ0) is 13.9. The molecule has 3 nitrogen and oxygen atoms in total. The van der Waals surface area contributed by atoms with E-state index in [4.69, 9.17) is 9.47 Å². The van der Waals surface area contributed by atoms with Crippen LogP contribution in [0, 0.1) is 3.57 Å². The van der Waals surface area contributed by atoms with E-state index in [1.165, 1.54) is 14.7 Å². The van der Waals surface area contributed by atoms with E-state index in [1.54, 1.807) is 0 Å². The third-order valence-corrected chi connectivity index (χ3v) is 4.14. The van der Waals surface area contributed by atoms with Gasteiger partial charge in [0.05, 0.1) is 0 Å². The van der Waals surface area contributed by atoms with Gasteiger partial charge < -0.3 is 14.8 Å². The van der Waals surface area contributed by atoms with E-state index in [1.807, 2.05) is 12.1 Å². The summed E-state index contributed by atoms with van der Waals surface area (Å²) in [5, 5.41) is 3.53. The fraction of sp³-hybridized carbons (Fsp3) is 0.250. The van der Waals surface area contributed by atoms with Crippen molar-refractivity contribution in [3.05, 3.63) is 57.2 Å². The third kappa shape index (κ3) is 3.07. The van der Waals surface area contributed by atoms with Crippen LogP contribution in [0.1, 0.15) is 24.1 Å². The minimum absolute atomic E-state index is 0.317. The van der Waals surface area contributed by atoms with Crippen LogP contribution in [0.4, 0.5) is 0 Å². The second kappa shape index (κ2) is 6.01. The van der Waals surface area contributed by atoms with Crippen molar-refractivity contribution in [2.24, 2.45) is 0 Å². The monoisotopic (exact) mass is 381 g/mol. The summed E-state index contributed by atoms with van der Waals surface area (Å²) in [6.07, 6.45) is 0. The molecule has 2 aromatic carbocycles. The molecular formula is C16H16INO2. The summed E-state index contributed by atoms with van der Waals surface area (Å²) in [4.78, 5) is 0. The van der Waals surface area contributed by atoms with Gasteiger partial charge in [-0.25, -0.2) is 0 Å². The first-order valence-corrected chi connectivity index (χ1v) is 7.67. The maximum atomic E-state index is 5.39. The van der Waals surface area contributed by atoms with Gasteiger partial charge in [-0.3, -0.25) is 0 Å². The predicted molar refractivity (Wildman–Crippen MR) is 87.0 cm³/mol. The molecule has 1 aliphatic rings. The Hall–Kier alpha value is -1.27. The molecule has 0 aromatic heterocycles. The highest BCUT2D eigenvalue weighted by molar-refractivity contribution is 14.1. The fourth-order valence-corrected chi connectivity index (χ4v) is 2.55. The summed E-state index contributed by atoms with van der Waals surface area (Å²) in [6.45, 7) is 3.31. The molecular weight excluding hydrogens is 365 g/mol. The van der Waals surface area contributed by atoms with Gasteiger partial charge in [0, 0.05) is 16.2 Å². The van der Waals surface area contributed by atoms with Gasteiger partial charge in [-0.2, -0.15) is 0 Å². The summed E-state index contributed by atoms with van der Waals surface area (Å²) in [5.41, 5.74) is 2.50. The van der Waals surface area contributed by atoms with Gasteiger partial charge in [0.1, 0.15) is 0 Å². The molecule has 1 heterocycles. The zero-order valence-corrected chi connectivity index (χ0v) is 13.4. The number of halogens is 1. The maximum absolute atomic E-state index is 5.39. The van der Waals surface area contributed by atoms with E-state index in [2.05, 4.69) is 65.2 Å². The Morgan fingerprint density at radius 3 is 2.65 bits per heavy atom. The highest BCUT2D eigenvalue weighted by Crippen LogP contribution is 2.32. The SMILES string of the molecule is CC(NCc1ccc2c(c1)OCO2)c1ccc(I)cc1. The molecule has 0 saturated carbocycles.